The average Bonchev–Trinajstić information content (AvgIpc) is 2.56. The molecule has 72 valence electrons. The summed E-state index contributed by atoms with van der Waals surface area (Å²) in [6.07, 6.45) is 1.15. The molecule has 0 saturated heterocycles. The van der Waals surface area contributed by atoms with E-state index in [9.17, 15) is 0 Å². The zero-order valence-corrected chi connectivity index (χ0v) is 9.91. The molecule has 1 aliphatic heterocycles. The average molecular weight is 298 g/mol. The van der Waals surface area contributed by atoms with Crippen LogP contribution in [0.4, 0.5) is 0 Å². The maximum Gasteiger partial charge on any atom is 0.0459 e. The summed E-state index contributed by atoms with van der Waals surface area (Å²) in [6, 6.07) is 8.57. The highest BCUT2D eigenvalue weighted by Gasteiger charge is 2.18. The molecule has 0 fully saturated rings. The predicted octanol–water partition coefficient (Wildman–Crippen LogP) is 2.88. The summed E-state index contributed by atoms with van der Waals surface area (Å²) >= 11 is 2.40. The molecule has 3 rings (SSSR count). The van der Waals surface area contributed by atoms with Gasteiger partial charge >= 0.3 is 0 Å². The van der Waals surface area contributed by atoms with Gasteiger partial charge in [-0.3, -0.25) is 0 Å². The Morgan fingerprint density at radius 2 is 2.14 bits per heavy atom. The lowest BCUT2D eigenvalue weighted by molar-refractivity contribution is 0.480. The van der Waals surface area contributed by atoms with Crippen molar-refractivity contribution >= 4 is 33.8 Å². The van der Waals surface area contributed by atoms with Gasteiger partial charge in [0.1, 0.15) is 0 Å². The third-order valence-electron chi connectivity index (χ3n) is 2.84. The molecule has 0 aliphatic carbocycles. The molecule has 0 atom stereocenters. The smallest absolute Gasteiger partial charge is 0.0459 e. The van der Waals surface area contributed by atoms with Gasteiger partial charge in [-0.15, -0.1) is 0 Å². The molecule has 3 heteroatoms. The molecular weight excluding hydrogens is 287 g/mol. The quantitative estimate of drug-likeness (QED) is 0.585. The summed E-state index contributed by atoms with van der Waals surface area (Å²) in [5.41, 5.74) is 4.20. The minimum absolute atomic E-state index is 1.07. The second-order valence-corrected chi connectivity index (χ2v) is 5.09. The number of para-hydroxylation sites is 1. The molecule has 2 aromatic rings. The molecule has 14 heavy (non-hydrogen) atoms. The van der Waals surface area contributed by atoms with Crippen molar-refractivity contribution in [3.8, 4) is 0 Å². The summed E-state index contributed by atoms with van der Waals surface area (Å²) in [5, 5.41) is 1.39. The number of halogens is 1. The summed E-state index contributed by atoms with van der Waals surface area (Å²) in [7, 11) is 0. The highest BCUT2D eigenvalue weighted by molar-refractivity contribution is 14.1. The van der Waals surface area contributed by atoms with Crippen LogP contribution in [0, 0.1) is 0 Å². The van der Waals surface area contributed by atoms with Crippen molar-refractivity contribution in [1.29, 1.82) is 0 Å². The molecule has 1 aliphatic rings. The normalized spacial score (nSPS) is 17.2. The molecule has 0 radical (unpaired) electrons. The molecule has 0 amide bonds. The first kappa shape index (κ1) is 8.73. The van der Waals surface area contributed by atoms with E-state index in [0.717, 1.165) is 19.5 Å². The minimum Gasteiger partial charge on any atom is -0.358 e. The molecule has 1 aromatic carbocycles. The Kier molecular flexibility index (Phi) is 2.02. The van der Waals surface area contributed by atoms with E-state index in [4.69, 9.17) is 0 Å². The number of H-pyrrole nitrogens is 1. The zero-order chi connectivity index (χ0) is 9.54. The Morgan fingerprint density at radius 3 is 3.07 bits per heavy atom. The van der Waals surface area contributed by atoms with E-state index in [1.54, 1.807) is 0 Å². The van der Waals surface area contributed by atoms with Crippen LogP contribution < -0.4 is 0 Å². The Balaban J connectivity index is 2.25. The monoisotopic (exact) mass is 298 g/mol. The van der Waals surface area contributed by atoms with Crippen LogP contribution in [0.5, 0.6) is 0 Å². The van der Waals surface area contributed by atoms with E-state index >= 15 is 0 Å². The maximum absolute atomic E-state index is 3.51. The second-order valence-electron chi connectivity index (χ2n) is 3.72. The fourth-order valence-corrected chi connectivity index (χ4v) is 2.72. The van der Waals surface area contributed by atoms with Crippen molar-refractivity contribution in [1.82, 2.24) is 8.10 Å². The molecule has 0 spiro atoms. The highest BCUT2D eigenvalue weighted by atomic mass is 127. The maximum atomic E-state index is 3.51. The van der Waals surface area contributed by atoms with Gasteiger partial charge < -0.3 is 4.98 Å². The van der Waals surface area contributed by atoms with Gasteiger partial charge in [-0.05, 0) is 11.6 Å². The number of fused-ring (bicyclic) bond motifs is 3. The Morgan fingerprint density at radius 1 is 1.29 bits per heavy atom. The number of nitrogens with one attached hydrogen (secondary N) is 1. The van der Waals surface area contributed by atoms with E-state index in [2.05, 4.69) is 55.2 Å². The number of nitrogens with zero attached hydrogens (tertiary/aromatic N) is 1. The van der Waals surface area contributed by atoms with Crippen LogP contribution in [0.1, 0.15) is 11.3 Å². The Bertz CT molecular complexity index is 475. The molecular formula is C11H11IN2. The van der Waals surface area contributed by atoms with Gasteiger partial charge in [-0.2, -0.15) is 0 Å². The Hall–Kier alpha value is -0.550. The first-order valence-corrected chi connectivity index (χ1v) is 5.80. The van der Waals surface area contributed by atoms with Crippen molar-refractivity contribution < 1.29 is 0 Å². The lowest BCUT2D eigenvalue weighted by atomic mass is 10.1. The van der Waals surface area contributed by atoms with Gasteiger partial charge in [0.15, 0.2) is 0 Å². The van der Waals surface area contributed by atoms with Crippen molar-refractivity contribution in [2.75, 3.05) is 6.54 Å². The van der Waals surface area contributed by atoms with E-state index in [0.29, 0.717) is 0 Å². The van der Waals surface area contributed by atoms with Crippen molar-refractivity contribution in [3.63, 3.8) is 0 Å². The van der Waals surface area contributed by atoms with Crippen LogP contribution in [0.3, 0.4) is 0 Å². The predicted molar refractivity (Wildman–Crippen MR) is 66.4 cm³/mol. The third kappa shape index (κ3) is 1.26. The number of aromatic amines is 1. The third-order valence-corrected chi connectivity index (χ3v) is 3.66. The summed E-state index contributed by atoms with van der Waals surface area (Å²) in [4.78, 5) is 3.51. The van der Waals surface area contributed by atoms with Crippen LogP contribution in [0.15, 0.2) is 24.3 Å². The fourth-order valence-electron chi connectivity index (χ4n) is 2.13. The molecule has 1 aromatic heterocycles. The van der Waals surface area contributed by atoms with Crippen molar-refractivity contribution in [2.45, 2.75) is 13.0 Å². The SMILES string of the molecule is IN1CCc2[nH]c3ccccc3c2C1. The van der Waals surface area contributed by atoms with Crippen molar-refractivity contribution in [2.24, 2.45) is 0 Å². The molecule has 0 unspecified atom stereocenters. The standard InChI is InChI=1S/C11H11IN2/c12-14-6-5-11-9(7-14)8-3-1-2-4-10(8)13-11/h1-4,13H,5-7H2. The number of hydrogen-bond donors (Lipinski definition) is 1. The Labute approximate surface area is 96.8 Å². The van der Waals surface area contributed by atoms with E-state index < -0.39 is 0 Å². The molecule has 0 bridgehead atoms. The zero-order valence-electron chi connectivity index (χ0n) is 7.76. The van der Waals surface area contributed by atoms with Gasteiger partial charge in [-0.25, -0.2) is 3.11 Å². The van der Waals surface area contributed by atoms with Gasteiger partial charge in [0.2, 0.25) is 0 Å². The van der Waals surface area contributed by atoms with Gasteiger partial charge in [0.05, 0.1) is 0 Å². The van der Waals surface area contributed by atoms with Crippen LogP contribution in [-0.2, 0) is 13.0 Å². The minimum atomic E-state index is 1.07. The molecule has 1 N–H and O–H groups in total. The topological polar surface area (TPSA) is 19.0 Å². The lowest BCUT2D eigenvalue weighted by Crippen LogP contribution is -2.20. The van der Waals surface area contributed by atoms with Crippen LogP contribution in [0.2, 0.25) is 0 Å². The molecule has 0 saturated carbocycles. The summed E-state index contributed by atoms with van der Waals surface area (Å²) in [6.45, 7) is 2.22. The number of benzene rings is 1. The number of aromatic nitrogens is 1. The van der Waals surface area contributed by atoms with Gasteiger partial charge in [-0.1, -0.05) is 18.2 Å². The van der Waals surface area contributed by atoms with E-state index in [1.807, 2.05) is 0 Å². The van der Waals surface area contributed by atoms with Gasteiger partial charge in [0, 0.05) is 59.0 Å². The summed E-state index contributed by atoms with van der Waals surface area (Å²) in [5.74, 6) is 0. The van der Waals surface area contributed by atoms with E-state index in [-0.39, 0.29) is 0 Å². The summed E-state index contributed by atoms with van der Waals surface area (Å²) < 4.78 is 2.35. The second kappa shape index (κ2) is 3.24. The van der Waals surface area contributed by atoms with Crippen LogP contribution in [-0.4, -0.2) is 14.6 Å². The lowest BCUT2D eigenvalue weighted by Gasteiger charge is -2.20. The van der Waals surface area contributed by atoms with Crippen molar-refractivity contribution in [3.05, 3.63) is 35.5 Å². The van der Waals surface area contributed by atoms with Crippen LogP contribution in [0.25, 0.3) is 10.9 Å². The molecule has 2 nitrogen and oxygen atoms in total. The number of rotatable bonds is 0. The first-order valence-electron chi connectivity index (χ1n) is 4.84. The number of hydrogen-bond acceptors (Lipinski definition) is 1. The fraction of sp³-hybridized carbons (Fsp3) is 0.273. The van der Waals surface area contributed by atoms with Gasteiger partial charge in [0.25, 0.3) is 0 Å². The van der Waals surface area contributed by atoms with Crippen LogP contribution >= 0.6 is 22.9 Å². The molecule has 2 heterocycles. The first-order chi connectivity index (χ1) is 6.84. The largest absolute Gasteiger partial charge is 0.358 e. The highest BCUT2D eigenvalue weighted by Crippen LogP contribution is 2.28. The van der Waals surface area contributed by atoms with E-state index in [1.165, 1.54) is 22.2 Å².